The van der Waals surface area contributed by atoms with Crippen LogP contribution in [0.25, 0.3) is 0 Å². The average molecular weight is 764 g/mol. The van der Waals surface area contributed by atoms with Gasteiger partial charge in [0.05, 0.1) is 0 Å². The number of hydrogen-bond donors (Lipinski definition) is 1. The molecule has 31 heteroatoms. The fraction of sp³-hybridized carbons (Fsp3) is 0.933. The zero-order valence-electron chi connectivity index (χ0n) is 19.3. The van der Waals surface area contributed by atoms with Crippen LogP contribution in [0.3, 0.4) is 0 Å². The van der Waals surface area contributed by atoms with E-state index in [-0.39, 0.29) is 0 Å². The molecule has 46 heavy (non-hydrogen) atoms. The van der Waals surface area contributed by atoms with E-state index >= 15 is 0 Å². The van der Waals surface area contributed by atoms with Gasteiger partial charge in [0.2, 0.25) is 0 Å². The SMILES string of the molecule is O=C(O)C(F)(F)C(F)(F)C(F)(F)C(F)(F)C(F)(F)C(F)(F)C(F)(F)C(F)(F)C(F)(F)C(F)(F)C(F)(F)C(F)(C(F)(F)F)C(F)(F)F. The van der Waals surface area contributed by atoms with E-state index in [9.17, 15) is 132 Å². The Kier molecular flexibility index (Phi) is 9.65. The number of rotatable bonds is 12. The fourth-order valence-corrected chi connectivity index (χ4v) is 2.64. The van der Waals surface area contributed by atoms with E-state index < -0.39 is 89.1 Å². The lowest BCUT2D eigenvalue weighted by atomic mass is 9.81. The average Bonchev–Trinajstić information content (AvgIpc) is 2.80. The molecule has 0 radical (unpaired) electrons. The minimum atomic E-state index is -10.0. The molecule has 0 saturated carbocycles. The highest BCUT2D eigenvalue weighted by Gasteiger charge is 3.01. The Morgan fingerprint density at radius 3 is 0.587 bits per heavy atom. The maximum atomic E-state index is 13.6. The summed E-state index contributed by atoms with van der Waals surface area (Å²) in [4.78, 5) is 9.91. The minimum Gasteiger partial charge on any atom is -0.477 e. The maximum Gasteiger partial charge on any atom is 0.438 e. The lowest BCUT2D eigenvalue weighted by molar-refractivity contribution is -0.488. The smallest absolute Gasteiger partial charge is 0.438 e. The van der Waals surface area contributed by atoms with Gasteiger partial charge in [-0.1, -0.05) is 0 Å². The highest BCUT2D eigenvalue weighted by molar-refractivity contribution is 5.77. The Balaban J connectivity index is 7.70. The molecule has 0 spiro atoms. The van der Waals surface area contributed by atoms with Gasteiger partial charge in [-0.25, -0.2) is 9.18 Å². The fourth-order valence-electron chi connectivity index (χ4n) is 2.64. The van der Waals surface area contributed by atoms with Crippen LogP contribution in [-0.4, -0.2) is 94.2 Å². The molecule has 0 saturated heterocycles. The Morgan fingerprint density at radius 2 is 0.435 bits per heavy atom. The van der Waals surface area contributed by atoms with Crippen LogP contribution in [0, 0.1) is 0 Å². The first-order chi connectivity index (χ1) is 19.2. The molecule has 0 fully saturated rings. The summed E-state index contributed by atoms with van der Waals surface area (Å²) in [5, 5.41) is 7.65. The molecule has 0 aromatic rings. The molecule has 276 valence electrons. The van der Waals surface area contributed by atoms with Crippen LogP contribution in [0.2, 0.25) is 0 Å². The largest absolute Gasteiger partial charge is 0.477 e. The number of halogens is 29. The molecule has 0 bridgehead atoms. The molecule has 0 aliphatic heterocycles. The predicted molar refractivity (Wildman–Crippen MR) is 78.0 cm³/mol. The molecule has 0 rings (SSSR count). The van der Waals surface area contributed by atoms with E-state index in [1.807, 2.05) is 0 Å². The third kappa shape index (κ3) is 4.67. The quantitative estimate of drug-likeness (QED) is 0.202. The van der Waals surface area contributed by atoms with Crippen LogP contribution >= 0.6 is 0 Å². The zero-order chi connectivity index (χ0) is 38.6. The molecule has 0 atom stereocenters. The number of hydrogen-bond acceptors (Lipinski definition) is 1. The van der Waals surface area contributed by atoms with Crippen molar-refractivity contribution in [3.8, 4) is 0 Å². The first-order valence-corrected chi connectivity index (χ1v) is 9.41. The van der Waals surface area contributed by atoms with Crippen LogP contribution in [0.5, 0.6) is 0 Å². The number of alkyl halides is 29. The van der Waals surface area contributed by atoms with Crippen molar-refractivity contribution in [2.75, 3.05) is 0 Å². The molecule has 0 aliphatic rings. The van der Waals surface area contributed by atoms with Crippen LogP contribution in [0.15, 0.2) is 0 Å². The van der Waals surface area contributed by atoms with E-state index in [0.717, 1.165) is 0 Å². The summed E-state index contributed by atoms with van der Waals surface area (Å²) in [6.07, 6.45) is -17.6. The van der Waals surface area contributed by atoms with Crippen LogP contribution in [-0.2, 0) is 4.79 Å². The van der Waals surface area contributed by atoms with Crippen LogP contribution < -0.4 is 0 Å². The number of carboxylic acid groups (broad SMARTS) is 1. The number of carbonyl (C=O) groups is 1. The second-order valence-corrected chi connectivity index (χ2v) is 8.28. The topological polar surface area (TPSA) is 37.3 Å². The Hall–Kier alpha value is -2.56. The predicted octanol–water partition coefficient (Wildman–Crippen LogP) is 8.89. The third-order valence-electron chi connectivity index (χ3n) is 5.43. The highest BCUT2D eigenvalue weighted by Crippen LogP contribution is 2.69. The van der Waals surface area contributed by atoms with Gasteiger partial charge in [-0.3, -0.25) is 0 Å². The highest BCUT2D eigenvalue weighted by atomic mass is 19.4. The summed E-state index contributed by atoms with van der Waals surface area (Å²) in [5.74, 6) is -110. The molecule has 0 aliphatic carbocycles. The summed E-state index contributed by atoms with van der Waals surface area (Å²) in [6.45, 7) is 0. The lowest BCUT2D eigenvalue weighted by Gasteiger charge is -2.46. The Labute approximate surface area is 228 Å². The van der Waals surface area contributed by atoms with E-state index in [1.54, 1.807) is 0 Å². The van der Waals surface area contributed by atoms with E-state index in [4.69, 9.17) is 5.11 Å². The maximum absolute atomic E-state index is 13.6. The van der Waals surface area contributed by atoms with Crippen molar-refractivity contribution in [3.63, 3.8) is 0 Å². The van der Waals surface area contributed by atoms with E-state index in [1.165, 1.54) is 0 Å². The molecular weight excluding hydrogens is 763 g/mol. The third-order valence-corrected chi connectivity index (χ3v) is 5.43. The van der Waals surface area contributed by atoms with Crippen molar-refractivity contribution in [1.82, 2.24) is 0 Å². The molecule has 0 aromatic carbocycles. The first-order valence-electron chi connectivity index (χ1n) is 9.41. The van der Waals surface area contributed by atoms with Gasteiger partial charge in [-0.15, -0.1) is 0 Å². The van der Waals surface area contributed by atoms with Crippen molar-refractivity contribution < 1.29 is 137 Å². The summed E-state index contributed by atoms with van der Waals surface area (Å²) in [6, 6.07) is 0. The standard InChI is InChI=1S/C15HF29O2/c16-2(17,1(45)46)4(19,20)6(23,24)8(27,28)10(31,32)12(35,36)13(37,38)11(33,34)9(29,30)7(25,26)5(21,22)3(18,14(39,40)41)15(42,43)44/h(H,45,46). The first kappa shape index (κ1) is 43.4. The van der Waals surface area contributed by atoms with Crippen LogP contribution in [0.4, 0.5) is 127 Å². The van der Waals surface area contributed by atoms with E-state index in [2.05, 4.69) is 0 Å². The van der Waals surface area contributed by atoms with Gasteiger partial charge in [0.1, 0.15) is 0 Å². The monoisotopic (exact) mass is 764 g/mol. The number of carboxylic acids is 1. The van der Waals surface area contributed by atoms with Crippen molar-refractivity contribution in [2.45, 2.75) is 83.2 Å². The van der Waals surface area contributed by atoms with Gasteiger partial charge >= 0.3 is 89.1 Å². The van der Waals surface area contributed by atoms with Crippen molar-refractivity contribution in [2.24, 2.45) is 0 Å². The van der Waals surface area contributed by atoms with Gasteiger partial charge < -0.3 is 5.11 Å². The zero-order valence-corrected chi connectivity index (χ0v) is 19.3. The molecule has 0 amide bonds. The molecular formula is C15HF29O2. The molecule has 0 heterocycles. The van der Waals surface area contributed by atoms with Crippen molar-refractivity contribution >= 4 is 5.97 Å². The number of aliphatic carboxylic acids is 1. The second kappa shape index (κ2) is 10.2. The van der Waals surface area contributed by atoms with Gasteiger partial charge in [-0.2, -0.15) is 123 Å². The van der Waals surface area contributed by atoms with E-state index in [0.29, 0.717) is 0 Å². The van der Waals surface area contributed by atoms with Gasteiger partial charge in [0.15, 0.2) is 0 Å². The van der Waals surface area contributed by atoms with Crippen molar-refractivity contribution in [3.05, 3.63) is 0 Å². The van der Waals surface area contributed by atoms with Crippen molar-refractivity contribution in [1.29, 1.82) is 0 Å². The Morgan fingerprint density at radius 1 is 0.283 bits per heavy atom. The normalized spacial score (nSPS) is 17.0. The lowest BCUT2D eigenvalue weighted by Crippen LogP contribution is -2.80. The van der Waals surface area contributed by atoms with Gasteiger partial charge in [0, 0.05) is 0 Å². The minimum absolute atomic E-state index is 4.77. The van der Waals surface area contributed by atoms with Gasteiger partial charge in [0.25, 0.3) is 0 Å². The molecule has 0 unspecified atom stereocenters. The molecule has 1 N–H and O–H groups in total. The van der Waals surface area contributed by atoms with Crippen LogP contribution in [0.1, 0.15) is 0 Å². The van der Waals surface area contributed by atoms with Gasteiger partial charge in [-0.05, 0) is 0 Å². The summed E-state index contributed by atoms with van der Waals surface area (Å²) in [7, 11) is 0. The molecule has 2 nitrogen and oxygen atoms in total. The second-order valence-electron chi connectivity index (χ2n) is 8.28. The Bertz CT molecular complexity index is 1140. The summed E-state index contributed by atoms with van der Waals surface area (Å²) in [5.41, 5.74) is -9.33. The molecule has 0 aromatic heterocycles. The summed E-state index contributed by atoms with van der Waals surface area (Å²) >= 11 is 0. The summed E-state index contributed by atoms with van der Waals surface area (Å²) < 4.78 is 383.